The molecule has 17 heteroatoms. The van der Waals surface area contributed by atoms with Crippen molar-refractivity contribution in [3.8, 4) is 17.2 Å². The maximum atomic E-state index is 14.9. The first-order valence-corrected chi connectivity index (χ1v) is 23.3. The molecule has 2 saturated heterocycles. The fourth-order valence-electron chi connectivity index (χ4n) is 10.5. The molecular formula is C51H64N4O13. The van der Waals surface area contributed by atoms with Gasteiger partial charge in [0.25, 0.3) is 11.7 Å². The number of ketones is 1. The number of phenols is 1. The molecule has 1 aromatic heterocycles. The Morgan fingerprint density at radius 3 is 2.31 bits per heavy atom. The average molecular weight is 941 g/mol. The van der Waals surface area contributed by atoms with Gasteiger partial charge in [-0.1, -0.05) is 45.9 Å². The SMILES string of the molecule is COc1cc(N2CCN(CCO)CC2)cc2oc3c4c(O)c5c(=O)c(C)c6c(c5c3nc12)C(=O)C(C)(OC=CC(OC)C(C)C(OC)C(C)C(O)C(C)C1OC(C)(C=CC=C(C)C(=O)N4)C1C)O6. The highest BCUT2D eigenvalue weighted by Crippen LogP contribution is 2.50. The van der Waals surface area contributed by atoms with Gasteiger partial charge in [0, 0.05) is 112 Å². The number of aliphatic hydroxyl groups excluding tert-OH is 2. The number of piperazine rings is 1. The van der Waals surface area contributed by atoms with Gasteiger partial charge in [-0.2, -0.15) is 0 Å². The Bertz CT molecular complexity index is 2800. The molecule has 1 amide bonds. The number of methoxy groups -OCH3 is 3. The minimum absolute atomic E-state index is 0.00867. The molecule has 6 bridgehead atoms. The normalized spacial score (nSPS) is 30.6. The van der Waals surface area contributed by atoms with Gasteiger partial charge in [0.2, 0.25) is 0 Å². The number of Topliss-reactive ketones (excluding diaryl/α,β-unsaturated/α-hetero) is 1. The summed E-state index contributed by atoms with van der Waals surface area (Å²) < 4.78 is 43.4. The zero-order valence-electron chi connectivity index (χ0n) is 40.7. The number of carbonyl (C=O) groups is 2. The highest BCUT2D eigenvalue weighted by molar-refractivity contribution is 6.26. The van der Waals surface area contributed by atoms with Crippen molar-refractivity contribution in [2.75, 3.05) is 70.9 Å². The van der Waals surface area contributed by atoms with Crippen molar-refractivity contribution in [3.63, 3.8) is 0 Å². The number of hydrogen-bond donors (Lipinski definition) is 4. The molecule has 17 nitrogen and oxygen atoms in total. The molecule has 0 saturated carbocycles. The van der Waals surface area contributed by atoms with E-state index in [0.29, 0.717) is 25.4 Å². The van der Waals surface area contributed by atoms with Gasteiger partial charge in [0.15, 0.2) is 22.3 Å². The van der Waals surface area contributed by atoms with E-state index in [1.807, 2.05) is 39.8 Å². The fraction of sp³-hybridized carbons (Fsp3) is 0.529. The van der Waals surface area contributed by atoms with E-state index in [1.54, 1.807) is 45.4 Å². The first-order valence-electron chi connectivity index (χ1n) is 23.3. The van der Waals surface area contributed by atoms with E-state index in [4.69, 9.17) is 37.8 Å². The van der Waals surface area contributed by atoms with Gasteiger partial charge >= 0.3 is 5.79 Å². The largest absolute Gasteiger partial charge is 0.505 e. The zero-order chi connectivity index (χ0) is 49.1. The minimum atomic E-state index is -2.00. The van der Waals surface area contributed by atoms with E-state index in [9.17, 15) is 29.7 Å². The molecule has 0 spiro atoms. The number of fused-ring (bicyclic) bond motifs is 11. The summed E-state index contributed by atoms with van der Waals surface area (Å²) >= 11 is 0. The molecule has 68 heavy (non-hydrogen) atoms. The topological polar surface area (TPSA) is 212 Å². The molecule has 5 aliphatic rings. The Hall–Kier alpha value is -5.56. The van der Waals surface area contributed by atoms with E-state index in [2.05, 4.69) is 22.0 Å². The van der Waals surface area contributed by atoms with Gasteiger partial charge in [0.05, 0.1) is 60.9 Å². The molecule has 10 unspecified atom stereocenters. The van der Waals surface area contributed by atoms with Crippen LogP contribution in [0.25, 0.3) is 33.0 Å². The summed E-state index contributed by atoms with van der Waals surface area (Å²) in [6.45, 7) is 17.8. The van der Waals surface area contributed by atoms with E-state index in [0.717, 1.165) is 18.8 Å². The molecule has 0 radical (unpaired) electrons. The molecule has 9 rings (SSSR count). The number of nitrogens with one attached hydrogen (secondary N) is 1. The lowest BCUT2D eigenvalue weighted by Gasteiger charge is -2.54. The van der Waals surface area contributed by atoms with E-state index in [1.165, 1.54) is 27.2 Å². The highest BCUT2D eigenvalue weighted by atomic mass is 16.7. The summed E-state index contributed by atoms with van der Waals surface area (Å²) in [6.07, 6.45) is 5.99. The first kappa shape index (κ1) is 48.9. The molecule has 4 N–H and O–H groups in total. The summed E-state index contributed by atoms with van der Waals surface area (Å²) in [6, 6.07) is 3.62. The second-order valence-corrected chi connectivity index (χ2v) is 19.1. The van der Waals surface area contributed by atoms with Crippen LogP contribution in [-0.2, 0) is 23.7 Å². The number of phenolic OH excluding ortho intramolecular Hbond substituents is 1. The van der Waals surface area contributed by atoms with Gasteiger partial charge < -0.3 is 58.4 Å². The summed E-state index contributed by atoms with van der Waals surface area (Å²) in [5.74, 6) is -4.61. The Labute approximate surface area is 395 Å². The van der Waals surface area contributed by atoms with E-state index in [-0.39, 0.29) is 97.5 Å². The monoisotopic (exact) mass is 940 g/mol. The van der Waals surface area contributed by atoms with Gasteiger partial charge in [0.1, 0.15) is 28.2 Å². The number of benzene rings is 3. The van der Waals surface area contributed by atoms with Crippen molar-refractivity contribution in [2.24, 2.45) is 23.7 Å². The number of carbonyl (C=O) groups excluding carboxylic acids is 2. The van der Waals surface area contributed by atoms with Crippen LogP contribution >= 0.6 is 0 Å². The number of aromatic hydroxyl groups is 1. The Kier molecular flexibility index (Phi) is 13.5. The Morgan fingerprint density at radius 2 is 1.66 bits per heavy atom. The molecule has 4 aromatic rings. The van der Waals surface area contributed by atoms with E-state index >= 15 is 0 Å². The van der Waals surface area contributed by atoms with Crippen molar-refractivity contribution in [1.29, 1.82) is 0 Å². The molecular weight excluding hydrogens is 877 g/mol. The molecule has 3 aromatic carbocycles. The second-order valence-electron chi connectivity index (χ2n) is 19.1. The van der Waals surface area contributed by atoms with E-state index < -0.39 is 52.6 Å². The average Bonchev–Trinajstić information content (AvgIpc) is 3.59. The molecule has 6 heterocycles. The number of aliphatic hydroxyl groups is 2. The third kappa shape index (κ3) is 8.19. The third-order valence-corrected chi connectivity index (χ3v) is 15.0. The first-order chi connectivity index (χ1) is 32.3. The van der Waals surface area contributed by atoms with Crippen LogP contribution in [0.1, 0.15) is 64.4 Å². The van der Waals surface area contributed by atoms with Crippen LogP contribution in [0.15, 0.2) is 57.5 Å². The van der Waals surface area contributed by atoms with Crippen LogP contribution in [-0.4, -0.2) is 133 Å². The molecule has 0 aliphatic carbocycles. The standard InChI is InChI=1S/C51H64N4O13/c1-25-13-12-15-50(7)30(6)45(67-50)28(4)41(57)27(3)44(64-11)26(2)32(62-9)14-22-65-51(8)48(60)37-35-36(42(58)29(5)46(37)68-51)43(59)40(53-49(25)61)47-39(35)52-38-33(63-10)23-31(24-34(38)66-47)55-18-16-54(17-19-55)20-21-56/h12-15,22-24,26-28,30,32,41,44-45,56-57,59H,16-21H2,1-11H3,(H,53,61). The van der Waals surface area contributed by atoms with Crippen molar-refractivity contribution >= 4 is 56.0 Å². The van der Waals surface area contributed by atoms with Gasteiger partial charge in [-0.25, -0.2) is 4.98 Å². The van der Waals surface area contributed by atoms with Crippen LogP contribution in [0, 0.1) is 30.6 Å². The molecule has 5 aliphatic heterocycles. The van der Waals surface area contributed by atoms with Crippen molar-refractivity contribution in [1.82, 2.24) is 9.88 Å². The minimum Gasteiger partial charge on any atom is -0.505 e. The van der Waals surface area contributed by atoms with Crippen LogP contribution in [0.5, 0.6) is 17.2 Å². The van der Waals surface area contributed by atoms with Crippen LogP contribution < -0.4 is 25.1 Å². The summed E-state index contributed by atoms with van der Waals surface area (Å²) in [7, 11) is 4.63. The van der Waals surface area contributed by atoms with Gasteiger partial charge in [-0.15, -0.1) is 0 Å². The lowest BCUT2D eigenvalue weighted by atomic mass is 9.70. The Morgan fingerprint density at radius 1 is 0.941 bits per heavy atom. The van der Waals surface area contributed by atoms with Crippen molar-refractivity contribution in [3.05, 3.63) is 69.6 Å². The maximum absolute atomic E-state index is 14.9. The Balaban J connectivity index is 1.32. The summed E-state index contributed by atoms with van der Waals surface area (Å²) in [4.78, 5) is 53.0. The predicted molar refractivity (Wildman–Crippen MR) is 257 cm³/mol. The van der Waals surface area contributed by atoms with Gasteiger partial charge in [-0.3, -0.25) is 19.3 Å². The second kappa shape index (κ2) is 18.7. The number of nitrogens with zero attached hydrogens (tertiary/aromatic N) is 3. The summed E-state index contributed by atoms with van der Waals surface area (Å²) in [5.41, 5.74) is -0.313. The maximum Gasteiger partial charge on any atom is 0.312 e. The molecule has 366 valence electrons. The predicted octanol–water partition coefficient (Wildman–Crippen LogP) is 6.00. The van der Waals surface area contributed by atoms with Crippen LogP contribution in [0.4, 0.5) is 11.4 Å². The van der Waals surface area contributed by atoms with Crippen molar-refractivity contribution < 1.29 is 57.7 Å². The number of hydrogen-bond acceptors (Lipinski definition) is 16. The number of anilines is 2. The quantitative estimate of drug-likeness (QED) is 0.0992. The highest BCUT2D eigenvalue weighted by Gasteiger charge is 2.53. The van der Waals surface area contributed by atoms with Crippen molar-refractivity contribution in [2.45, 2.75) is 91.2 Å². The lowest BCUT2D eigenvalue weighted by molar-refractivity contribution is -0.251. The molecule has 2 fully saturated rings. The summed E-state index contributed by atoms with van der Waals surface area (Å²) in [5, 5.41) is 36.0. The third-order valence-electron chi connectivity index (χ3n) is 15.0. The lowest BCUT2D eigenvalue weighted by Crippen LogP contribution is -2.60. The van der Waals surface area contributed by atoms with Gasteiger partial charge in [-0.05, 0) is 26.8 Å². The molecule has 10 atom stereocenters. The number of β-amino-alcohol motifs (C(OH)–C–C–N with tert-alkyl or cyclic N) is 1. The zero-order valence-corrected chi connectivity index (χ0v) is 40.7. The number of amides is 1. The van der Waals surface area contributed by atoms with Crippen LogP contribution in [0.3, 0.4) is 0 Å². The number of rotatable bonds is 6. The smallest absolute Gasteiger partial charge is 0.312 e. The number of allylic oxidation sites excluding steroid dienone is 2. The number of ether oxygens (including phenoxy) is 6. The number of aromatic nitrogens is 1. The fourth-order valence-corrected chi connectivity index (χ4v) is 10.5. The van der Waals surface area contributed by atoms with Crippen LogP contribution in [0.2, 0.25) is 0 Å².